The van der Waals surface area contributed by atoms with Crippen LogP contribution in [0.1, 0.15) is 38.2 Å². The Morgan fingerprint density at radius 2 is 1.74 bits per heavy atom. The van der Waals surface area contributed by atoms with Crippen LogP contribution >= 0.6 is 0 Å². The number of hydrogen-bond acceptors (Lipinski definition) is 5. The predicted molar refractivity (Wildman–Crippen MR) is 72.9 cm³/mol. The number of carbonyl (C=O) groups excluding carboxylic acids is 1. The molecule has 0 unspecified atom stereocenters. The molecule has 1 amide bonds. The van der Waals surface area contributed by atoms with Gasteiger partial charge in [0, 0.05) is 5.46 Å². The third kappa shape index (κ3) is 2.31. The number of nitrogen functional groups attached to an aromatic ring is 1. The minimum absolute atomic E-state index is 0.123. The van der Waals surface area contributed by atoms with Crippen LogP contribution in [0, 0.1) is 0 Å². The second kappa shape index (κ2) is 4.21. The van der Waals surface area contributed by atoms with E-state index in [1.807, 2.05) is 27.7 Å². The first-order valence-electron chi connectivity index (χ1n) is 6.06. The topological polar surface area (TPSA) is 100 Å². The Kier molecular flexibility index (Phi) is 3.06. The minimum atomic E-state index is -0.618. The second-order valence-electron chi connectivity index (χ2n) is 5.62. The standard InChI is InChI=1S/C12H18BN3O3/c1-11(2)12(3,4)19-13(18-11)7-5-6-8(10(15)17)16-9(7)14/h5-6H,1-4H3,(H2,14,16)(H2,15,17). The van der Waals surface area contributed by atoms with Gasteiger partial charge >= 0.3 is 7.12 Å². The summed E-state index contributed by atoms with van der Waals surface area (Å²) in [6.45, 7) is 7.81. The molecule has 0 saturated carbocycles. The summed E-state index contributed by atoms with van der Waals surface area (Å²) >= 11 is 0. The van der Waals surface area contributed by atoms with Crippen LogP contribution in [0.2, 0.25) is 0 Å². The molecule has 1 aromatic rings. The van der Waals surface area contributed by atoms with Gasteiger partial charge in [-0.1, -0.05) is 6.07 Å². The maximum Gasteiger partial charge on any atom is 0.498 e. The van der Waals surface area contributed by atoms with Crippen LogP contribution in [-0.2, 0) is 9.31 Å². The average molecular weight is 263 g/mol. The van der Waals surface area contributed by atoms with Crippen LogP contribution in [0.4, 0.5) is 5.82 Å². The van der Waals surface area contributed by atoms with Gasteiger partial charge in [0.1, 0.15) is 11.5 Å². The summed E-state index contributed by atoms with van der Waals surface area (Å²) in [4.78, 5) is 15.0. The van der Waals surface area contributed by atoms with Crippen molar-refractivity contribution < 1.29 is 14.1 Å². The Morgan fingerprint density at radius 1 is 1.21 bits per heavy atom. The smallest absolute Gasteiger partial charge is 0.399 e. The average Bonchev–Trinajstić information content (AvgIpc) is 2.47. The first kappa shape index (κ1) is 13.8. The zero-order valence-electron chi connectivity index (χ0n) is 11.6. The highest BCUT2D eigenvalue weighted by Gasteiger charge is 2.52. The SMILES string of the molecule is CC1(C)OB(c2ccc(C(N)=O)nc2N)OC1(C)C. The van der Waals surface area contributed by atoms with Gasteiger partial charge in [0.25, 0.3) is 5.91 Å². The third-order valence-electron chi connectivity index (χ3n) is 3.72. The van der Waals surface area contributed by atoms with Crippen molar-refractivity contribution in [2.24, 2.45) is 5.73 Å². The summed E-state index contributed by atoms with van der Waals surface area (Å²) in [5, 5.41) is 0. The molecule has 19 heavy (non-hydrogen) atoms. The summed E-state index contributed by atoms with van der Waals surface area (Å²) in [6, 6.07) is 3.17. The van der Waals surface area contributed by atoms with E-state index >= 15 is 0 Å². The molecule has 6 nitrogen and oxygen atoms in total. The molecule has 7 heteroatoms. The molecule has 1 saturated heterocycles. The van der Waals surface area contributed by atoms with Gasteiger partial charge in [0.05, 0.1) is 11.2 Å². The molecule has 0 radical (unpaired) electrons. The Hall–Kier alpha value is -1.60. The van der Waals surface area contributed by atoms with Gasteiger partial charge in [-0.15, -0.1) is 0 Å². The summed E-state index contributed by atoms with van der Waals surface area (Å²) in [6.07, 6.45) is 0. The van der Waals surface area contributed by atoms with Crippen LogP contribution in [0.5, 0.6) is 0 Å². The molecule has 1 aromatic heterocycles. The van der Waals surface area contributed by atoms with Crippen molar-refractivity contribution in [3.05, 3.63) is 17.8 Å². The van der Waals surface area contributed by atoms with Crippen molar-refractivity contribution in [2.45, 2.75) is 38.9 Å². The van der Waals surface area contributed by atoms with Crippen LogP contribution in [0.25, 0.3) is 0 Å². The molecule has 2 heterocycles. The number of carbonyl (C=O) groups is 1. The van der Waals surface area contributed by atoms with E-state index in [-0.39, 0.29) is 11.5 Å². The van der Waals surface area contributed by atoms with Crippen molar-refractivity contribution in [1.29, 1.82) is 0 Å². The molecule has 102 valence electrons. The largest absolute Gasteiger partial charge is 0.498 e. The Labute approximate surface area is 112 Å². The molecule has 1 aliphatic heterocycles. The number of nitrogens with zero attached hydrogens (tertiary/aromatic N) is 1. The monoisotopic (exact) mass is 263 g/mol. The maximum absolute atomic E-state index is 11.0. The molecule has 0 bridgehead atoms. The van der Waals surface area contributed by atoms with Crippen molar-refractivity contribution in [3.8, 4) is 0 Å². The van der Waals surface area contributed by atoms with E-state index in [9.17, 15) is 4.79 Å². The number of aromatic nitrogens is 1. The lowest BCUT2D eigenvalue weighted by Crippen LogP contribution is -2.41. The molecule has 1 fully saturated rings. The van der Waals surface area contributed by atoms with E-state index in [2.05, 4.69) is 4.98 Å². The second-order valence-corrected chi connectivity index (χ2v) is 5.62. The highest BCUT2D eigenvalue weighted by atomic mass is 16.7. The molecule has 4 N–H and O–H groups in total. The number of pyridine rings is 1. The van der Waals surface area contributed by atoms with Crippen LogP contribution in [0.15, 0.2) is 12.1 Å². The van der Waals surface area contributed by atoms with Crippen molar-refractivity contribution in [1.82, 2.24) is 4.98 Å². The summed E-state index contributed by atoms with van der Waals surface area (Å²) < 4.78 is 11.7. The van der Waals surface area contributed by atoms with E-state index in [1.54, 1.807) is 6.07 Å². The minimum Gasteiger partial charge on any atom is -0.399 e. The molecule has 0 aliphatic carbocycles. The molecule has 2 rings (SSSR count). The maximum atomic E-state index is 11.0. The van der Waals surface area contributed by atoms with E-state index in [1.165, 1.54) is 6.07 Å². The Bertz CT molecular complexity index is 515. The fraction of sp³-hybridized carbons (Fsp3) is 0.500. The van der Waals surface area contributed by atoms with Crippen LogP contribution < -0.4 is 16.9 Å². The zero-order chi connectivity index (χ0) is 14.4. The number of primary amides is 1. The van der Waals surface area contributed by atoms with Gasteiger partial charge in [-0.05, 0) is 33.8 Å². The van der Waals surface area contributed by atoms with Crippen molar-refractivity contribution in [2.75, 3.05) is 5.73 Å². The van der Waals surface area contributed by atoms with Gasteiger partial charge in [0.2, 0.25) is 0 Å². The lowest BCUT2D eigenvalue weighted by Gasteiger charge is -2.32. The molecular weight excluding hydrogens is 245 g/mol. The number of rotatable bonds is 2. The quantitative estimate of drug-likeness (QED) is 0.735. The lowest BCUT2D eigenvalue weighted by atomic mass is 9.79. The van der Waals surface area contributed by atoms with Crippen LogP contribution in [-0.4, -0.2) is 29.2 Å². The number of anilines is 1. The highest BCUT2D eigenvalue weighted by Crippen LogP contribution is 2.36. The van der Waals surface area contributed by atoms with Gasteiger partial charge in [-0.25, -0.2) is 4.98 Å². The zero-order valence-corrected chi connectivity index (χ0v) is 11.6. The molecule has 1 aliphatic rings. The summed E-state index contributed by atoms with van der Waals surface area (Å²) in [5.41, 5.74) is 10.8. The molecule has 0 spiro atoms. The van der Waals surface area contributed by atoms with Gasteiger partial charge in [-0.2, -0.15) is 0 Å². The molecule has 0 atom stereocenters. The van der Waals surface area contributed by atoms with E-state index in [0.29, 0.717) is 5.46 Å². The van der Waals surface area contributed by atoms with Crippen LogP contribution in [0.3, 0.4) is 0 Å². The van der Waals surface area contributed by atoms with Crippen molar-refractivity contribution in [3.63, 3.8) is 0 Å². The predicted octanol–water partition coefficient (Wildman–Crippen LogP) is 0.0619. The Morgan fingerprint density at radius 3 is 2.16 bits per heavy atom. The number of amides is 1. The summed E-state index contributed by atoms with van der Waals surface area (Å²) in [7, 11) is -0.598. The van der Waals surface area contributed by atoms with Gasteiger partial charge in [-0.3, -0.25) is 4.79 Å². The molecule has 0 aromatic carbocycles. The fourth-order valence-corrected chi connectivity index (χ4v) is 1.79. The third-order valence-corrected chi connectivity index (χ3v) is 3.72. The van der Waals surface area contributed by atoms with E-state index < -0.39 is 24.2 Å². The number of hydrogen-bond donors (Lipinski definition) is 2. The van der Waals surface area contributed by atoms with E-state index in [0.717, 1.165) is 0 Å². The molecular formula is C12H18BN3O3. The lowest BCUT2D eigenvalue weighted by molar-refractivity contribution is 0.00578. The Balaban J connectivity index is 2.33. The summed E-state index contributed by atoms with van der Waals surface area (Å²) in [5.74, 6) is -0.429. The first-order chi connectivity index (χ1) is 8.64. The van der Waals surface area contributed by atoms with Crippen molar-refractivity contribution >= 4 is 24.3 Å². The first-order valence-corrected chi connectivity index (χ1v) is 6.06. The highest BCUT2D eigenvalue weighted by molar-refractivity contribution is 6.63. The van der Waals surface area contributed by atoms with Gasteiger partial charge < -0.3 is 20.8 Å². The van der Waals surface area contributed by atoms with Gasteiger partial charge in [0.15, 0.2) is 0 Å². The van der Waals surface area contributed by atoms with E-state index in [4.69, 9.17) is 20.8 Å². The normalized spacial score (nSPS) is 20.5. The fourth-order valence-electron chi connectivity index (χ4n) is 1.79. The number of nitrogens with two attached hydrogens (primary N) is 2.